The molecule has 0 radical (unpaired) electrons. The number of halogens is 1. The molecular formula is C19H19ClN2O5S2. The maximum absolute atomic E-state index is 13.2. The number of Topliss-reactive ketones (excluding diaryl/α,β-unsaturated/α-hetero) is 1. The number of aliphatic hydroxyl groups excluding tert-OH is 1. The Morgan fingerprint density at radius 2 is 2.07 bits per heavy atom. The number of benzene rings is 1. The first-order valence-corrected chi connectivity index (χ1v) is 11.4. The van der Waals surface area contributed by atoms with Crippen LogP contribution in [0.1, 0.15) is 44.9 Å². The molecule has 7 nitrogen and oxygen atoms in total. The lowest BCUT2D eigenvalue weighted by Gasteiger charge is -2.15. The molecule has 1 unspecified atom stereocenters. The third kappa shape index (κ3) is 4.01. The van der Waals surface area contributed by atoms with Crippen LogP contribution in [0.15, 0.2) is 33.0 Å². The van der Waals surface area contributed by atoms with Gasteiger partial charge in [0.05, 0.1) is 22.7 Å². The van der Waals surface area contributed by atoms with E-state index in [1.165, 1.54) is 5.38 Å². The monoisotopic (exact) mass is 454 g/mol. The summed E-state index contributed by atoms with van der Waals surface area (Å²) in [6.07, 6.45) is 0. The number of thiophene rings is 1. The molecule has 0 saturated carbocycles. The Labute approximate surface area is 177 Å². The van der Waals surface area contributed by atoms with Crippen molar-refractivity contribution in [2.75, 3.05) is 0 Å². The summed E-state index contributed by atoms with van der Waals surface area (Å²) >= 11 is 7.13. The van der Waals surface area contributed by atoms with Gasteiger partial charge < -0.3 is 9.63 Å². The minimum absolute atomic E-state index is 0.00533. The zero-order chi connectivity index (χ0) is 21.5. The van der Waals surface area contributed by atoms with Gasteiger partial charge in [0, 0.05) is 11.3 Å². The third-order valence-corrected chi connectivity index (χ3v) is 7.23. The van der Waals surface area contributed by atoms with E-state index in [2.05, 4.69) is 5.16 Å². The number of hydrogen-bond acceptors (Lipinski definition) is 7. The number of aromatic nitrogens is 1. The highest BCUT2D eigenvalue weighted by Gasteiger charge is 2.32. The lowest BCUT2D eigenvalue weighted by Crippen LogP contribution is -2.18. The van der Waals surface area contributed by atoms with Crippen LogP contribution in [-0.4, -0.2) is 24.5 Å². The number of hydrogen-bond donors (Lipinski definition) is 2. The molecule has 0 fully saturated rings. The van der Waals surface area contributed by atoms with Crippen molar-refractivity contribution in [3.8, 4) is 11.3 Å². The fourth-order valence-electron chi connectivity index (χ4n) is 3.14. The summed E-state index contributed by atoms with van der Waals surface area (Å²) in [5, 5.41) is 20.1. The van der Waals surface area contributed by atoms with Gasteiger partial charge in [0.25, 0.3) is 0 Å². The Morgan fingerprint density at radius 1 is 1.38 bits per heavy atom. The van der Waals surface area contributed by atoms with Crippen LogP contribution in [0.2, 0.25) is 5.02 Å². The SMILES string of the molecule is Cc1cc(CO)ccc1C(C)C(=O)c1scc(-c2onc(C)c2Cl)c1S(N)(=O)=O. The van der Waals surface area contributed by atoms with Gasteiger partial charge in [-0.2, -0.15) is 0 Å². The van der Waals surface area contributed by atoms with E-state index in [4.69, 9.17) is 21.3 Å². The number of ketones is 1. The first-order chi connectivity index (χ1) is 13.6. The molecule has 2 heterocycles. The molecule has 154 valence electrons. The molecule has 3 rings (SSSR count). The van der Waals surface area contributed by atoms with Crippen molar-refractivity contribution in [3.63, 3.8) is 0 Å². The molecule has 0 aliphatic rings. The van der Waals surface area contributed by atoms with E-state index in [1.807, 2.05) is 6.92 Å². The molecule has 3 aromatic rings. The van der Waals surface area contributed by atoms with E-state index in [1.54, 1.807) is 32.0 Å². The molecular weight excluding hydrogens is 436 g/mol. The van der Waals surface area contributed by atoms with E-state index in [-0.39, 0.29) is 32.7 Å². The van der Waals surface area contributed by atoms with Crippen molar-refractivity contribution in [2.45, 2.75) is 38.2 Å². The summed E-state index contributed by atoms with van der Waals surface area (Å²) < 4.78 is 29.9. The van der Waals surface area contributed by atoms with Gasteiger partial charge in [-0.15, -0.1) is 11.3 Å². The summed E-state index contributed by atoms with van der Waals surface area (Å²) in [7, 11) is -4.25. The first kappa shape index (κ1) is 21.7. The van der Waals surface area contributed by atoms with Crippen LogP contribution in [0.3, 0.4) is 0 Å². The molecule has 0 spiro atoms. The second kappa shape index (κ2) is 8.00. The van der Waals surface area contributed by atoms with E-state index in [0.717, 1.165) is 28.0 Å². The molecule has 2 aromatic heterocycles. The van der Waals surface area contributed by atoms with Gasteiger partial charge in [-0.1, -0.05) is 41.9 Å². The molecule has 0 amide bonds. The average Bonchev–Trinajstić information content (AvgIpc) is 3.24. The van der Waals surface area contributed by atoms with Crippen LogP contribution in [0, 0.1) is 13.8 Å². The maximum atomic E-state index is 13.2. The number of nitrogens with zero attached hydrogens (tertiary/aromatic N) is 1. The number of carbonyl (C=O) groups excluding carboxylic acids is 1. The van der Waals surface area contributed by atoms with Crippen LogP contribution in [0.25, 0.3) is 11.3 Å². The van der Waals surface area contributed by atoms with Crippen LogP contribution in [-0.2, 0) is 16.6 Å². The molecule has 1 aromatic carbocycles. The number of nitrogens with two attached hydrogens (primary N) is 1. The van der Waals surface area contributed by atoms with E-state index < -0.39 is 21.7 Å². The predicted molar refractivity (Wildman–Crippen MR) is 111 cm³/mol. The van der Waals surface area contributed by atoms with Gasteiger partial charge in [0.15, 0.2) is 11.5 Å². The Morgan fingerprint density at radius 3 is 2.59 bits per heavy atom. The highest BCUT2D eigenvalue weighted by molar-refractivity contribution is 7.89. The molecule has 3 N–H and O–H groups in total. The fourth-order valence-corrected chi connectivity index (χ4v) is 5.67. The molecule has 29 heavy (non-hydrogen) atoms. The van der Waals surface area contributed by atoms with Crippen molar-refractivity contribution in [2.24, 2.45) is 5.14 Å². The summed E-state index contributed by atoms with van der Waals surface area (Å²) in [6, 6.07) is 5.27. The van der Waals surface area contributed by atoms with Crippen LogP contribution in [0.4, 0.5) is 0 Å². The van der Waals surface area contributed by atoms with E-state index >= 15 is 0 Å². The number of sulfonamides is 1. The third-order valence-electron chi connectivity index (χ3n) is 4.67. The topological polar surface area (TPSA) is 123 Å². The largest absolute Gasteiger partial charge is 0.392 e. The molecule has 0 bridgehead atoms. The molecule has 0 saturated heterocycles. The van der Waals surface area contributed by atoms with Crippen molar-refractivity contribution in [3.05, 3.63) is 55.9 Å². The van der Waals surface area contributed by atoms with Crippen LogP contribution >= 0.6 is 22.9 Å². The first-order valence-electron chi connectivity index (χ1n) is 8.57. The smallest absolute Gasteiger partial charge is 0.240 e. The average molecular weight is 455 g/mol. The Bertz CT molecular complexity index is 1200. The standard InChI is InChI=1S/C19H19ClN2O5S2/c1-9-6-12(7-23)4-5-13(9)10(2)16(24)18-19(29(21,25)26)14(8-28-18)17-15(20)11(3)22-27-17/h4-6,8,10,23H,7H2,1-3H3,(H2,21,25,26). The minimum Gasteiger partial charge on any atom is -0.392 e. The normalized spacial score (nSPS) is 12.9. The van der Waals surface area contributed by atoms with Crippen LogP contribution < -0.4 is 5.14 Å². The van der Waals surface area contributed by atoms with Crippen molar-refractivity contribution < 1.29 is 22.8 Å². The van der Waals surface area contributed by atoms with Gasteiger partial charge in [-0.05, 0) is 30.5 Å². The van der Waals surface area contributed by atoms with Crippen LogP contribution in [0.5, 0.6) is 0 Å². The summed E-state index contributed by atoms with van der Waals surface area (Å²) in [4.78, 5) is 12.9. The van der Waals surface area contributed by atoms with E-state index in [9.17, 15) is 18.3 Å². The Hall–Kier alpha value is -2.04. The Kier molecular flexibility index (Phi) is 5.98. The fraction of sp³-hybridized carbons (Fsp3) is 0.263. The number of primary sulfonamides is 1. The molecule has 0 aliphatic carbocycles. The lowest BCUT2D eigenvalue weighted by molar-refractivity contribution is 0.0967. The highest BCUT2D eigenvalue weighted by Crippen LogP contribution is 2.41. The molecule has 1 atom stereocenters. The quantitative estimate of drug-likeness (QED) is 0.546. The zero-order valence-corrected chi connectivity index (χ0v) is 18.3. The highest BCUT2D eigenvalue weighted by atomic mass is 35.5. The summed E-state index contributed by atoms with van der Waals surface area (Å²) in [5.41, 5.74) is 2.79. The van der Waals surface area contributed by atoms with Crippen molar-refractivity contribution >= 4 is 38.7 Å². The van der Waals surface area contributed by atoms with Gasteiger partial charge in [-0.25, -0.2) is 13.6 Å². The van der Waals surface area contributed by atoms with Gasteiger partial charge >= 0.3 is 0 Å². The van der Waals surface area contributed by atoms with E-state index in [0.29, 0.717) is 5.69 Å². The number of aliphatic hydroxyl groups is 1. The maximum Gasteiger partial charge on any atom is 0.240 e. The minimum atomic E-state index is -4.25. The van der Waals surface area contributed by atoms with Gasteiger partial charge in [0.1, 0.15) is 9.92 Å². The zero-order valence-electron chi connectivity index (χ0n) is 15.9. The number of aryl methyl sites for hydroxylation is 2. The number of carbonyl (C=O) groups is 1. The summed E-state index contributed by atoms with van der Waals surface area (Å²) in [6.45, 7) is 5.03. The van der Waals surface area contributed by atoms with Gasteiger partial charge in [0.2, 0.25) is 10.0 Å². The van der Waals surface area contributed by atoms with Crippen molar-refractivity contribution in [1.29, 1.82) is 0 Å². The van der Waals surface area contributed by atoms with Crippen molar-refractivity contribution in [1.82, 2.24) is 5.16 Å². The number of rotatable bonds is 6. The van der Waals surface area contributed by atoms with Gasteiger partial charge in [-0.3, -0.25) is 4.79 Å². The lowest BCUT2D eigenvalue weighted by atomic mass is 9.91. The predicted octanol–water partition coefficient (Wildman–Crippen LogP) is 3.80. The molecule has 10 heteroatoms. The Balaban J connectivity index is 2.11. The second-order valence-electron chi connectivity index (χ2n) is 6.70. The molecule has 0 aliphatic heterocycles. The second-order valence-corrected chi connectivity index (χ2v) is 9.45. The summed E-state index contributed by atoms with van der Waals surface area (Å²) in [5.74, 6) is -0.959.